The Hall–Kier alpha value is -1.94. The van der Waals surface area contributed by atoms with Crippen molar-refractivity contribution in [1.82, 2.24) is 0 Å². The van der Waals surface area contributed by atoms with Crippen molar-refractivity contribution in [1.29, 1.82) is 0 Å². The Kier molecular flexibility index (Phi) is 70.6. The lowest BCUT2D eigenvalue weighted by Crippen LogP contribution is -2.30. The van der Waals surface area contributed by atoms with Gasteiger partial charge in [-0.1, -0.05) is 369 Å². The van der Waals surface area contributed by atoms with Gasteiger partial charge in [0.05, 0.1) is 26.4 Å². The molecule has 19 heteroatoms. The van der Waals surface area contributed by atoms with Crippen LogP contribution < -0.4 is 0 Å². The highest BCUT2D eigenvalue weighted by molar-refractivity contribution is 7.47. The van der Waals surface area contributed by atoms with E-state index >= 15 is 0 Å². The van der Waals surface area contributed by atoms with Crippen LogP contribution >= 0.6 is 15.6 Å². The molecule has 0 saturated carbocycles. The van der Waals surface area contributed by atoms with E-state index in [9.17, 15) is 43.2 Å². The van der Waals surface area contributed by atoms with E-state index < -0.39 is 97.5 Å². The molecule has 582 valence electrons. The number of aliphatic hydroxyl groups excluding tert-OH is 1. The first-order valence-corrected chi connectivity index (χ1v) is 44.2. The summed E-state index contributed by atoms with van der Waals surface area (Å²) in [7, 11) is -9.91. The van der Waals surface area contributed by atoms with Crippen LogP contribution in [0.25, 0.3) is 0 Å². The molecule has 0 amide bonds. The Bertz CT molecular complexity index is 1880. The van der Waals surface area contributed by atoms with Crippen LogP contribution in [0.1, 0.15) is 420 Å². The summed E-state index contributed by atoms with van der Waals surface area (Å²) in [5.41, 5.74) is 0. The first kappa shape index (κ1) is 96.1. The number of hydrogen-bond donors (Lipinski definition) is 3. The van der Waals surface area contributed by atoms with Crippen molar-refractivity contribution in [2.45, 2.75) is 438 Å². The van der Waals surface area contributed by atoms with E-state index in [-0.39, 0.29) is 25.7 Å². The quantitative estimate of drug-likeness (QED) is 0.0222. The summed E-state index contributed by atoms with van der Waals surface area (Å²) in [5, 5.41) is 10.6. The fourth-order valence-electron chi connectivity index (χ4n) is 12.2. The highest BCUT2D eigenvalue weighted by Gasteiger charge is 2.30. The molecule has 0 aliphatic carbocycles. The minimum Gasteiger partial charge on any atom is -0.462 e. The predicted molar refractivity (Wildman–Crippen MR) is 400 cm³/mol. The lowest BCUT2D eigenvalue weighted by molar-refractivity contribution is -0.161. The van der Waals surface area contributed by atoms with Crippen molar-refractivity contribution in [3.63, 3.8) is 0 Å². The highest BCUT2D eigenvalue weighted by Crippen LogP contribution is 2.45. The Labute approximate surface area is 600 Å². The zero-order valence-corrected chi connectivity index (χ0v) is 65.7. The molecule has 17 nitrogen and oxygen atoms in total. The Morgan fingerprint density at radius 3 is 0.724 bits per heavy atom. The fourth-order valence-corrected chi connectivity index (χ4v) is 13.8. The van der Waals surface area contributed by atoms with Gasteiger partial charge in [0.15, 0.2) is 12.2 Å². The maximum atomic E-state index is 13.1. The summed E-state index contributed by atoms with van der Waals surface area (Å²) >= 11 is 0. The van der Waals surface area contributed by atoms with Crippen LogP contribution in [0.4, 0.5) is 0 Å². The maximum Gasteiger partial charge on any atom is 0.472 e. The zero-order chi connectivity index (χ0) is 71.9. The van der Waals surface area contributed by atoms with Crippen LogP contribution in [0.2, 0.25) is 0 Å². The van der Waals surface area contributed by atoms with Crippen molar-refractivity contribution in [3.05, 3.63) is 0 Å². The van der Waals surface area contributed by atoms with Crippen LogP contribution in [-0.4, -0.2) is 96.7 Å². The van der Waals surface area contributed by atoms with E-state index in [2.05, 4.69) is 34.6 Å². The molecule has 0 radical (unpaired) electrons. The van der Waals surface area contributed by atoms with Gasteiger partial charge < -0.3 is 33.8 Å². The van der Waals surface area contributed by atoms with Crippen molar-refractivity contribution >= 4 is 39.5 Å². The van der Waals surface area contributed by atoms with Gasteiger partial charge in [0.1, 0.15) is 19.3 Å². The second kappa shape index (κ2) is 72.0. The van der Waals surface area contributed by atoms with Crippen LogP contribution in [0.5, 0.6) is 0 Å². The highest BCUT2D eigenvalue weighted by atomic mass is 31.2. The van der Waals surface area contributed by atoms with Gasteiger partial charge in [0, 0.05) is 25.7 Å². The molecular weight excluding hydrogens is 1280 g/mol. The molecule has 98 heavy (non-hydrogen) atoms. The Morgan fingerprint density at radius 2 is 0.490 bits per heavy atom. The molecule has 0 heterocycles. The summed E-state index contributed by atoms with van der Waals surface area (Å²) in [6, 6.07) is 0. The van der Waals surface area contributed by atoms with Gasteiger partial charge in [-0.15, -0.1) is 0 Å². The molecule has 0 rings (SSSR count). The molecule has 3 N–H and O–H groups in total. The number of esters is 4. The van der Waals surface area contributed by atoms with Gasteiger partial charge >= 0.3 is 39.5 Å². The molecule has 0 fully saturated rings. The lowest BCUT2D eigenvalue weighted by atomic mass is 9.99. The number of phosphoric acid groups is 2. The average molecular weight is 1440 g/mol. The number of carbonyl (C=O) groups excluding carboxylic acids is 4. The number of hydrogen-bond acceptors (Lipinski definition) is 15. The molecule has 0 bridgehead atoms. The molecular formula is C79H154O17P2. The number of ether oxygens (including phenoxy) is 4. The summed E-state index contributed by atoms with van der Waals surface area (Å²) in [6.07, 6.45) is 62.4. The topological polar surface area (TPSA) is 237 Å². The van der Waals surface area contributed by atoms with Crippen LogP contribution in [-0.2, 0) is 65.4 Å². The van der Waals surface area contributed by atoms with Gasteiger partial charge in [0.25, 0.3) is 0 Å². The van der Waals surface area contributed by atoms with Crippen LogP contribution in [0, 0.1) is 5.92 Å². The number of phosphoric ester groups is 2. The largest absolute Gasteiger partial charge is 0.472 e. The van der Waals surface area contributed by atoms with Gasteiger partial charge in [-0.3, -0.25) is 37.3 Å². The van der Waals surface area contributed by atoms with Crippen molar-refractivity contribution in [2.75, 3.05) is 39.6 Å². The molecule has 0 aliphatic heterocycles. The van der Waals surface area contributed by atoms with Gasteiger partial charge in [-0.25, -0.2) is 9.13 Å². The molecule has 0 saturated heterocycles. The normalized spacial score (nSPS) is 14.2. The number of aliphatic hydroxyl groups is 1. The van der Waals surface area contributed by atoms with E-state index in [1.807, 2.05) is 0 Å². The first-order valence-electron chi connectivity index (χ1n) is 41.2. The molecule has 3 unspecified atom stereocenters. The standard InChI is InChI=1S/C79H154O17P2/c1-6-10-13-16-19-22-24-26-28-30-31-33-35-37-39-44-49-54-59-64-78(83)96-75(69-90-77(82)63-58-53-48-43-38-36-34-32-29-27-25-23-20-17-14-11-7-2)71-94-98(87,88)92-67-73(80)66-91-97(85,86)93-70-74(68-89-76(81)62-57-52-47-21-18-15-12-8-3)95-79(84)65-60-55-50-45-41-40-42-46-51-56-61-72(5)9-4/h72-75,80H,6-71H2,1-5H3,(H,85,86)(H,87,88)/t72?,73-,74+,75+/m0/s1. The summed E-state index contributed by atoms with van der Waals surface area (Å²) in [5.74, 6) is -1.31. The molecule has 0 aromatic rings. The van der Waals surface area contributed by atoms with Gasteiger partial charge in [-0.2, -0.15) is 0 Å². The van der Waals surface area contributed by atoms with E-state index in [1.54, 1.807) is 0 Å². The predicted octanol–water partition coefficient (Wildman–Crippen LogP) is 23.6. The Balaban J connectivity index is 5.21. The number of carbonyl (C=O) groups is 4. The minimum absolute atomic E-state index is 0.107. The summed E-state index contributed by atoms with van der Waals surface area (Å²) in [6.45, 7) is 7.31. The molecule has 0 aromatic carbocycles. The molecule has 6 atom stereocenters. The smallest absolute Gasteiger partial charge is 0.462 e. The third-order valence-corrected chi connectivity index (χ3v) is 20.8. The third-order valence-electron chi connectivity index (χ3n) is 18.9. The van der Waals surface area contributed by atoms with E-state index in [0.717, 1.165) is 102 Å². The summed E-state index contributed by atoms with van der Waals surface area (Å²) < 4.78 is 68.6. The second-order valence-corrected chi connectivity index (χ2v) is 31.6. The van der Waals surface area contributed by atoms with Crippen LogP contribution in [0.15, 0.2) is 0 Å². The van der Waals surface area contributed by atoms with Gasteiger partial charge in [0.2, 0.25) is 0 Å². The Morgan fingerprint density at radius 1 is 0.286 bits per heavy atom. The minimum atomic E-state index is -4.96. The first-order chi connectivity index (χ1) is 47.6. The number of rotatable bonds is 79. The van der Waals surface area contributed by atoms with E-state index in [0.29, 0.717) is 25.7 Å². The van der Waals surface area contributed by atoms with Crippen molar-refractivity contribution < 1.29 is 80.2 Å². The maximum absolute atomic E-state index is 13.1. The van der Waals surface area contributed by atoms with Crippen molar-refractivity contribution in [3.8, 4) is 0 Å². The van der Waals surface area contributed by atoms with Crippen molar-refractivity contribution in [2.24, 2.45) is 5.92 Å². The molecule has 0 aliphatic rings. The fraction of sp³-hybridized carbons (Fsp3) is 0.949. The average Bonchev–Trinajstić information content (AvgIpc) is 1.00. The van der Waals surface area contributed by atoms with Gasteiger partial charge in [-0.05, 0) is 31.6 Å². The van der Waals surface area contributed by atoms with E-state index in [4.69, 9.17) is 37.0 Å². The van der Waals surface area contributed by atoms with Crippen LogP contribution in [0.3, 0.4) is 0 Å². The molecule has 0 aromatic heterocycles. The number of unbranched alkanes of at least 4 members (excludes halogenated alkanes) is 50. The SMILES string of the molecule is CCCCCCCCCCCCCCCCCCCCCC(=O)O[C@H](COC(=O)CCCCCCCCCCCCCCCCCCC)COP(=O)(O)OC[C@@H](O)COP(=O)(O)OC[C@@H](COC(=O)CCCCCCCCCC)OC(=O)CCCCCCCCCCCCC(C)CC. The lowest BCUT2D eigenvalue weighted by Gasteiger charge is -2.21. The molecule has 0 spiro atoms. The second-order valence-electron chi connectivity index (χ2n) is 28.7. The summed E-state index contributed by atoms with van der Waals surface area (Å²) in [4.78, 5) is 72.9. The zero-order valence-electron chi connectivity index (χ0n) is 63.9. The third kappa shape index (κ3) is 71.1. The monoisotopic (exact) mass is 1440 g/mol. The van der Waals surface area contributed by atoms with E-state index in [1.165, 1.54) is 238 Å².